The van der Waals surface area contributed by atoms with Crippen molar-refractivity contribution in [2.24, 2.45) is 7.05 Å². The van der Waals surface area contributed by atoms with Gasteiger partial charge in [-0.15, -0.1) is 11.3 Å². The molecule has 0 bridgehead atoms. The van der Waals surface area contributed by atoms with Crippen LogP contribution in [0.2, 0.25) is 0 Å². The molecule has 0 radical (unpaired) electrons. The van der Waals surface area contributed by atoms with Gasteiger partial charge in [-0.2, -0.15) is 5.10 Å². The van der Waals surface area contributed by atoms with E-state index in [4.69, 9.17) is 9.47 Å². The van der Waals surface area contributed by atoms with Gasteiger partial charge in [-0.05, 0) is 27.2 Å². The first-order valence-electron chi connectivity index (χ1n) is 10.6. The van der Waals surface area contributed by atoms with Gasteiger partial charge in [0.15, 0.2) is 0 Å². The van der Waals surface area contributed by atoms with Crippen LogP contribution in [-0.2, 0) is 16.5 Å². The van der Waals surface area contributed by atoms with E-state index in [1.54, 1.807) is 35.7 Å². The van der Waals surface area contributed by atoms with E-state index in [1.807, 2.05) is 20.8 Å². The molecule has 1 aliphatic heterocycles. The van der Waals surface area contributed by atoms with E-state index in [0.29, 0.717) is 42.4 Å². The van der Waals surface area contributed by atoms with Crippen LogP contribution >= 0.6 is 11.3 Å². The van der Waals surface area contributed by atoms with Crippen molar-refractivity contribution in [3.63, 3.8) is 0 Å². The molecule has 2 amide bonds. The molecule has 4 rings (SSSR count). The van der Waals surface area contributed by atoms with Crippen molar-refractivity contribution in [1.29, 1.82) is 0 Å². The molecule has 0 saturated carbocycles. The zero-order valence-electron chi connectivity index (χ0n) is 18.9. The quantitative estimate of drug-likeness (QED) is 0.515. The number of hydrogen-bond donors (Lipinski definition) is 3. The standard InChI is InChI=1S/C21H27N7O4S/c1-21(2,3)32-20(30)26-15-10-31-6-5-14(15)25-19-22-8-16-17(27-19)13(11-33-16)18(29)24-12-7-23-28(4)9-12/h7-9,11,14-15H,5-6,10H2,1-4H3,(H,24,29)(H,26,30)(H,22,25,27)/t14-,15+/m1/s1. The molecule has 4 heterocycles. The van der Waals surface area contributed by atoms with Crippen molar-refractivity contribution in [2.75, 3.05) is 23.8 Å². The molecule has 3 N–H and O–H groups in total. The zero-order chi connectivity index (χ0) is 23.6. The van der Waals surface area contributed by atoms with Gasteiger partial charge in [-0.25, -0.2) is 14.8 Å². The first-order chi connectivity index (χ1) is 15.7. The summed E-state index contributed by atoms with van der Waals surface area (Å²) in [5.41, 5.74) is 1.03. The SMILES string of the molecule is Cn1cc(NC(=O)c2csc3cnc(N[C@@H]4CCOC[C@@H]4NC(=O)OC(C)(C)C)nc23)cn1. The minimum atomic E-state index is -0.595. The summed E-state index contributed by atoms with van der Waals surface area (Å²) >= 11 is 1.40. The Morgan fingerprint density at radius 3 is 2.82 bits per heavy atom. The molecule has 3 aromatic heterocycles. The first-order valence-corrected chi connectivity index (χ1v) is 11.4. The van der Waals surface area contributed by atoms with Crippen LogP contribution in [0.5, 0.6) is 0 Å². The first kappa shape index (κ1) is 22.9. The van der Waals surface area contributed by atoms with Crippen LogP contribution in [-0.4, -0.2) is 62.6 Å². The fourth-order valence-electron chi connectivity index (χ4n) is 3.42. The molecule has 3 aromatic rings. The highest BCUT2D eigenvalue weighted by molar-refractivity contribution is 7.17. The fraction of sp³-hybridized carbons (Fsp3) is 0.476. The molecule has 11 nitrogen and oxygen atoms in total. The summed E-state index contributed by atoms with van der Waals surface area (Å²) in [5, 5.41) is 14.8. The van der Waals surface area contributed by atoms with Crippen LogP contribution in [0.4, 0.5) is 16.4 Å². The van der Waals surface area contributed by atoms with E-state index >= 15 is 0 Å². The van der Waals surface area contributed by atoms with Gasteiger partial charge in [-0.1, -0.05) is 0 Å². The number of fused-ring (bicyclic) bond motifs is 1. The number of anilines is 2. The normalized spacial score (nSPS) is 18.7. The van der Waals surface area contributed by atoms with Gasteiger partial charge in [0.1, 0.15) is 5.60 Å². The Morgan fingerprint density at radius 1 is 1.27 bits per heavy atom. The Kier molecular flexibility index (Phi) is 6.47. The van der Waals surface area contributed by atoms with E-state index in [2.05, 4.69) is 31.0 Å². The highest BCUT2D eigenvalue weighted by Gasteiger charge is 2.30. The van der Waals surface area contributed by atoms with Crippen molar-refractivity contribution in [1.82, 2.24) is 25.1 Å². The topological polar surface area (TPSA) is 132 Å². The van der Waals surface area contributed by atoms with Gasteiger partial charge in [0, 0.05) is 25.2 Å². The summed E-state index contributed by atoms with van der Waals surface area (Å²) in [4.78, 5) is 34.0. The van der Waals surface area contributed by atoms with Crippen molar-refractivity contribution < 1.29 is 19.1 Å². The monoisotopic (exact) mass is 473 g/mol. The maximum absolute atomic E-state index is 12.8. The molecule has 0 aliphatic carbocycles. The second-order valence-corrected chi connectivity index (χ2v) is 9.69. The highest BCUT2D eigenvalue weighted by Crippen LogP contribution is 2.26. The summed E-state index contributed by atoms with van der Waals surface area (Å²) < 4.78 is 13.3. The van der Waals surface area contributed by atoms with Crippen LogP contribution < -0.4 is 16.0 Å². The van der Waals surface area contributed by atoms with Crippen molar-refractivity contribution in [3.8, 4) is 0 Å². The number of nitrogens with zero attached hydrogens (tertiary/aromatic N) is 4. The van der Waals surface area contributed by atoms with Crippen LogP contribution in [0.1, 0.15) is 37.6 Å². The average Bonchev–Trinajstić information content (AvgIpc) is 3.33. The lowest BCUT2D eigenvalue weighted by atomic mass is 10.0. The number of aryl methyl sites for hydroxylation is 1. The molecule has 176 valence electrons. The lowest BCUT2D eigenvalue weighted by Gasteiger charge is -2.33. The van der Waals surface area contributed by atoms with E-state index in [9.17, 15) is 9.59 Å². The van der Waals surface area contributed by atoms with Crippen LogP contribution in [0, 0.1) is 0 Å². The van der Waals surface area contributed by atoms with Crippen molar-refractivity contribution in [2.45, 2.75) is 44.9 Å². The van der Waals surface area contributed by atoms with Gasteiger partial charge in [-0.3, -0.25) is 9.48 Å². The number of carbonyl (C=O) groups is 2. The van der Waals surface area contributed by atoms with Gasteiger partial charge in [0.05, 0.1) is 52.6 Å². The summed E-state index contributed by atoms with van der Waals surface area (Å²) in [6.07, 6.45) is 5.13. The molecule has 33 heavy (non-hydrogen) atoms. The van der Waals surface area contributed by atoms with Gasteiger partial charge in [0.2, 0.25) is 5.95 Å². The Labute approximate surface area is 194 Å². The molecule has 0 aromatic carbocycles. The van der Waals surface area contributed by atoms with Gasteiger partial charge < -0.3 is 25.4 Å². The minimum absolute atomic E-state index is 0.157. The number of aromatic nitrogens is 4. The molecule has 12 heteroatoms. The zero-order valence-corrected chi connectivity index (χ0v) is 19.7. The molecule has 0 spiro atoms. The van der Waals surface area contributed by atoms with E-state index < -0.39 is 11.7 Å². The van der Waals surface area contributed by atoms with Gasteiger partial charge >= 0.3 is 6.09 Å². The second kappa shape index (κ2) is 9.32. The Balaban J connectivity index is 1.49. The minimum Gasteiger partial charge on any atom is -0.444 e. The predicted molar refractivity (Wildman–Crippen MR) is 125 cm³/mol. The molecular weight excluding hydrogens is 446 g/mol. The molecule has 1 aliphatic rings. The Bertz CT molecular complexity index is 1150. The summed E-state index contributed by atoms with van der Waals surface area (Å²) in [7, 11) is 1.78. The van der Waals surface area contributed by atoms with Crippen LogP contribution in [0.3, 0.4) is 0 Å². The van der Waals surface area contributed by atoms with E-state index in [0.717, 1.165) is 4.70 Å². The number of hydrogen-bond acceptors (Lipinski definition) is 9. The lowest BCUT2D eigenvalue weighted by molar-refractivity contribution is 0.0317. The Hall–Kier alpha value is -3.25. The smallest absolute Gasteiger partial charge is 0.408 e. The second-order valence-electron chi connectivity index (χ2n) is 8.78. The number of alkyl carbamates (subject to hydrolysis) is 1. The number of ether oxygens (including phenoxy) is 2. The summed E-state index contributed by atoms with van der Waals surface area (Å²) in [6.45, 7) is 6.32. The molecule has 2 atom stereocenters. The summed E-state index contributed by atoms with van der Waals surface area (Å²) in [5.74, 6) is 0.105. The van der Waals surface area contributed by atoms with Crippen molar-refractivity contribution >= 4 is 45.2 Å². The van der Waals surface area contributed by atoms with E-state index in [1.165, 1.54) is 11.3 Å². The predicted octanol–water partition coefficient (Wildman–Crippen LogP) is 2.77. The van der Waals surface area contributed by atoms with Crippen molar-refractivity contribution in [3.05, 3.63) is 29.5 Å². The average molecular weight is 474 g/mol. The number of thiophene rings is 1. The third-order valence-electron chi connectivity index (χ3n) is 4.89. The fourth-order valence-corrected chi connectivity index (χ4v) is 4.26. The van der Waals surface area contributed by atoms with Crippen LogP contribution in [0.15, 0.2) is 24.0 Å². The molecule has 1 saturated heterocycles. The third kappa shape index (κ3) is 5.76. The molecule has 0 unspecified atom stereocenters. The van der Waals surface area contributed by atoms with Crippen LogP contribution in [0.25, 0.3) is 10.2 Å². The molecule has 1 fully saturated rings. The number of rotatable bonds is 5. The van der Waals surface area contributed by atoms with E-state index in [-0.39, 0.29) is 18.0 Å². The number of nitrogens with one attached hydrogen (secondary N) is 3. The maximum Gasteiger partial charge on any atom is 0.408 e. The largest absolute Gasteiger partial charge is 0.444 e. The maximum atomic E-state index is 12.8. The third-order valence-corrected chi connectivity index (χ3v) is 5.80. The molecular formula is C21H27N7O4S. The summed E-state index contributed by atoms with van der Waals surface area (Å²) in [6, 6.07) is -0.473. The Morgan fingerprint density at radius 2 is 2.09 bits per heavy atom. The van der Waals surface area contributed by atoms with Gasteiger partial charge in [0.25, 0.3) is 5.91 Å². The lowest BCUT2D eigenvalue weighted by Crippen LogP contribution is -2.53. The number of amides is 2. The number of carbonyl (C=O) groups excluding carboxylic acids is 2. The highest BCUT2D eigenvalue weighted by atomic mass is 32.1.